The van der Waals surface area contributed by atoms with Crippen molar-refractivity contribution in [3.63, 3.8) is 0 Å². The third-order valence-corrected chi connectivity index (χ3v) is 3.65. The maximum absolute atomic E-state index is 11.6. The summed E-state index contributed by atoms with van der Waals surface area (Å²) >= 11 is 0. The number of methoxy groups -OCH3 is 1. The number of halogens is 2. The largest absolute Gasteiger partial charge is 0.453 e. The van der Waals surface area contributed by atoms with Crippen molar-refractivity contribution in [2.75, 3.05) is 26.0 Å². The highest BCUT2D eigenvalue weighted by Gasteiger charge is 2.21. The van der Waals surface area contributed by atoms with Gasteiger partial charge in [-0.25, -0.2) is 4.79 Å². The summed E-state index contributed by atoms with van der Waals surface area (Å²) in [4.78, 5) is 18.6. The zero-order chi connectivity index (χ0) is 14.1. The first-order valence-corrected chi connectivity index (χ1v) is 6.63. The second-order valence-electron chi connectivity index (χ2n) is 5.03. The second-order valence-corrected chi connectivity index (χ2v) is 5.03. The third kappa shape index (κ3) is 3.43. The Bertz CT molecular complexity index is 679. The van der Waals surface area contributed by atoms with Crippen LogP contribution in [0, 0.1) is 0 Å². The van der Waals surface area contributed by atoms with Crippen LogP contribution in [-0.4, -0.2) is 36.7 Å². The molecule has 2 heterocycles. The highest BCUT2D eigenvalue weighted by molar-refractivity contribution is 6.00. The van der Waals surface area contributed by atoms with Gasteiger partial charge in [-0.1, -0.05) is 18.2 Å². The Morgan fingerprint density at radius 2 is 2.05 bits per heavy atom. The monoisotopic (exact) mass is 343 g/mol. The van der Waals surface area contributed by atoms with Crippen molar-refractivity contribution in [2.24, 2.45) is 0 Å². The Hall–Kier alpha value is -1.56. The number of anilines is 1. The van der Waals surface area contributed by atoms with E-state index in [2.05, 4.69) is 17.3 Å². The van der Waals surface area contributed by atoms with Crippen molar-refractivity contribution >= 4 is 47.5 Å². The molecule has 1 aliphatic rings. The first-order chi connectivity index (χ1) is 9.69. The van der Waals surface area contributed by atoms with E-state index in [1.807, 2.05) is 24.3 Å². The van der Waals surface area contributed by atoms with E-state index >= 15 is 0 Å². The Labute approximate surface area is 141 Å². The van der Waals surface area contributed by atoms with Gasteiger partial charge in [-0.3, -0.25) is 10.3 Å². The molecule has 0 saturated carbocycles. The summed E-state index contributed by atoms with van der Waals surface area (Å²) in [6.07, 6.45) is 0.448. The molecule has 22 heavy (non-hydrogen) atoms. The van der Waals surface area contributed by atoms with Gasteiger partial charge in [-0.05, 0) is 13.1 Å². The molecule has 0 bridgehead atoms. The number of likely N-dealkylation sites (N-methyl/N-ethyl adjacent to an activating group) is 1. The van der Waals surface area contributed by atoms with Crippen LogP contribution in [0.5, 0.6) is 0 Å². The lowest BCUT2D eigenvalue weighted by molar-refractivity contribution is 0.187. The van der Waals surface area contributed by atoms with Gasteiger partial charge in [0, 0.05) is 36.2 Å². The van der Waals surface area contributed by atoms with Crippen LogP contribution in [0.2, 0.25) is 0 Å². The molecule has 0 aliphatic carbocycles. The summed E-state index contributed by atoms with van der Waals surface area (Å²) in [5, 5.41) is 3.81. The maximum Gasteiger partial charge on any atom is 0.411 e. The predicted molar refractivity (Wildman–Crippen MR) is 92.3 cm³/mol. The minimum atomic E-state index is -0.447. The van der Waals surface area contributed by atoms with Gasteiger partial charge in [0.2, 0.25) is 0 Å². The van der Waals surface area contributed by atoms with Crippen LogP contribution in [0.3, 0.4) is 0 Å². The lowest BCUT2D eigenvalue weighted by Crippen LogP contribution is -2.29. The second kappa shape index (κ2) is 7.63. The summed E-state index contributed by atoms with van der Waals surface area (Å²) in [5.41, 5.74) is 3.88. The number of carbonyl (C=O) groups excluding carboxylic acids is 1. The lowest BCUT2D eigenvalue weighted by atomic mass is 10.0. The molecule has 5 nitrogen and oxygen atoms in total. The summed E-state index contributed by atoms with van der Waals surface area (Å²) in [7, 11) is 3.44. The van der Waals surface area contributed by atoms with Crippen LogP contribution >= 0.6 is 24.8 Å². The van der Waals surface area contributed by atoms with Crippen LogP contribution in [0.1, 0.15) is 11.3 Å². The highest BCUT2D eigenvalue weighted by atomic mass is 35.5. The molecule has 0 fully saturated rings. The van der Waals surface area contributed by atoms with E-state index in [-0.39, 0.29) is 24.8 Å². The average Bonchev–Trinajstić information content (AvgIpc) is 2.47. The van der Waals surface area contributed by atoms with E-state index < -0.39 is 6.09 Å². The van der Waals surface area contributed by atoms with Crippen molar-refractivity contribution in [1.82, 2.24) is 9.88 Å². The van der Waals surface area contributed by atoms with Crippen LogP contribution in [0.4, 0.5) is 10.5 Å². The van der Waals surface area contributed by atoms with Crippen molar-refractivity contribution in [2.45, 2.75) is 13.0 Å². The SMILES string of the molecule is COC(=O)Nc1c2c(nc3ccccc13)CCN(C)C2.Cl.Cl. The van der Waals surface area contributed by atoms with Crippen molar-refractivity contribution in [3.8, 4) is 0 Å². The Balaban J connectivity index is 0.00000121. The number of fused-ring (bicyclic) bond motifs is 2. The molecule has 0 spiro atoms. The highest BCUT2D eigenvalue weighted by Crippen LogP contribution is 2.31. The van der Waals surface area contributed by atoms with E-state index in [0.29, 0.717) is 0 Å². The molecule has 7 heteroatoms. The molecule has 1 aromatic heterocycles. The normalized spacial score (nSPS) is 13.5. The van der Waals surface area contributed by atoms with E-state index in [1.54, 1.807) is 0 Å². The molecule has 1 N–H and O–H groups in total. The number of pyridine rings is 1. The third-order valence-electron chi connectivity index (χ3n) is 3.65. The summed E-state index contributed by atoms with van der Waals surface area (Å²) in [6.45, 7) is 1.77. The van der Waals surface area contributed by atoms with E-state index in [4.69, 9.17) is 9.72 Å². The van der Waals surface area contributed by atoms with Gasteiger partial charge in [0.1, 0.15) is 0 Å². The number of rotatable bonds is 1. The molecule has 0 unspecified atom stereocenters. The number of para-hydroxylation sites is 1. The zero-order valence-electron chi connectivity index (χ0n) is 12.5. The van der Waals surface area contributed by atoms with Crippen LogP contribution in [0.15, 0.2) is 24.3 Å². The molecule has 120 valence electrons. The van der Waals surface area contributed by atoms with Gasteiger partial charge < -0.3 is 9.64 Å². The molecular weight excluding hydrogens is 325 g/mol. The minimum absolute atomic E-state index is 0. The minimum Gasteiger partial charge on any atom is -0.453 e. The van der Waals surface area contributed by atoms with E-state index in [9.17, 15) is 4.79 Å². The first-order valence-electron chi connectivity index (χ1n) is 6.63. The number of nitrogens with zero attached hydrogens (tertiary/aromatic N) is 2. The molecule has 3 rings (SSSR count). The predicted octanol–water partition coefficient (Wildman–Crippen LogP) is 3.24. The van der Waals surface area contributed by atoms with Crippen LogP contribution in [-0.2, 0) is 17.7 Å². The number of hydrogen-bond donors (Lipinski definition) is 1. The fourth-order valence-electron chi connectivity index (χ4n) is 2.62. The molecule has 0 atom stereocenters. The average molecular weight is 344 g/mol. The van der Waals surface area contributed by atoms with Gasteiger partial charge in [0.15, 0.2) is 0 Å². The summed E-state index contributed by atoms with van der Waals surface area (Å²) in [6, 6.07) is 7.85. The van der Waals surface area contributed by atoms with Crippen molar-refractivity contribution in [1.29, 1.82) is 0 Å². The number of aromatic nitrogens is 1. The van der Waals surface area contributed by atoms with Gasteiger partial charge in [-0.15, -0.1) is 24.8 Å². The van der Waals surface area contributed by atoms with E-state index in [1.165, 1.54) is 7.11 Å². The molecule has 0 radical (unpaired) electrons. The lowest BCUT2D eigenvalue weighted by Gasteiger charge is -2.27. The molecule has 2 aromatic rings. The first kappa shape index (κ1) is 18.5. The zero-order valence-corrected chi connectivity index (χ0v) is 14.1. The number of carbonyl (C=O) groups is 1. The molecule has 1 aliphatic heterocycles. The Kier molecular flexibility index (Phi) is 6.41. The van der Waals surface area contributed by atoms with Crippen molar-refractivity contribution in [3.05, 3.63) is 35.5 Å². The quantitative estimate of drug-likeness (QED) is 0.863. The molecule has 1 amide bonds. The number of amides is 1. The van der Waals surface area contributed by atoms with Gasteiger partial charge >= 0.3 is 6.09 Å². The van der Waals surface area contributed by atoms with E-state index in [0.717, 1.165) is 47.4 Å². The Morgan fingerprint density at radius 1 is 1.32 bits per heavy atom. The fourth-order valence-corrected chi connectivity index (χ4v) is 2.62. The number of nitrogens with one attached hydrogen (secondary N) is 1. The Morgan fingerprint density at radius 3 is 2.77 bits per heavy atom. The van der Waals surface area contributed by atoms with Crippen LogP contribution < -0.4 is 5.32 Å². The van der Waals surface area contributed by atoms with Gasteiger partial charge in [-0.2, -0.15) is 0 Å². The fraction of sp³-hybridized carbons (Fsp3) is 0.333. The van der Waals surface area contributed by atoms with Crippen LogP contribution in [0.25, 0.3) is 10.9 Å². The summed E-state index contributed by atoms with van der Waals surface area (Å²) in [5.74, 6) is 0. The maximum atomic E-state index is 11.6. The molecule has 1 aromatic carbocycles. The molecule has 0 saturated heterocycles. The number of benzene rings is 1. The summed E-state index contributed by atoms with van der Waals surface area (Å²) < 4.78 is 4.74. The van der Waals surface area contributed by atoms with Crippen molar-refractivity contribution < 1.29 is 9.53 Å². The van der Waals surface area contributed by atoms with Gasteiger partial charge in [0.05, 0.1) is 18.3 Å². The molecular formula is C15H19Cl2N3O2. The topological polar surface area (TPSA) is 54.5 Å². The smallest absolute Gasteiger partial charge is 0.411 e. The van der Waals surface area contributed by atoms with Gasteiger partial charge in [0.25, 0.3) is 0 Å². The standard InChI is InChI=1S/C15H17N3O2.2ClH/c1-18-8-7-13-11(9-18)14(17-15(19)20-2)10-5-3-4-6-12(10)16-13;;/h3-6H,7-9H2,1-2H3,(H,16,17,19);2*1H. The number of hydrogen-bond acceptors (Lipinski definition) is 4. The number of ether oxygens (including phenoxy) is 1.